The Hall–Kier alpha value is -2.48. The van der Waals surface area contributed by atoms with E-state index in [2.05, 4.69) is 71.5 Å². The summed E-state index contributed by atoms with van der Waals surface area (Å²) in [6.45, 7) is 2.69. The van der Waals surface area contributed by atoms with Crippen LogP contribution in [0.5, 0.6) is 0 Å². The van der Waals surface area contributed by atoms with E-state index in [0.717, 1.165) is 22.7 Å². The number of hydrogen-bond acceptors (Lipinski definition) is 4. The summed E-state index contributed by atoms with van der Waals surface area (Å²) in [6.07, 6.45) is 3.78. The van der Waals surface area contributed by atoms with Gasteiger partial charge in [0.05, 0.1) is 17.1 Å². The van der Waals surface area contributed by atoms with Crippen LogP contribution >= 0.6 is 22.6 Å². The predicted octanol–water partition coefficient (Wildman–Crippen LogP) is 4.32. The minimum atomic E-state index is 0.612. The fourth-order valence-corrected chi connectivity index (χ4v) is 3.14. The number of pyridine rings is 1. The van der Waals surface area contributed by atoms with Crippen LogP contribution in [0.3, 0.4) is 0 Å². The molecule has 4 aromatic rings. The number of nitrogens with zero attached hydrogens (tertiary/aromatic N) is 4. The fraction of sp³-hybridized carbons (Fsp3) is 0.105. The van der Waals surface area contributed by atoms with E-state index in [-0.39, 0.29) is 0 Å². The van der Waals surface area contributed by atoms with Crippen molar-refractivity contribution in [3.63, 3.8) is 0 Å². The molecular formula is C19H16IN5. The van der Waals surface area contributed by atoms with Crippen LogP contribution in [0.1, 0.15) is 11.3 Å². The van der Waals surface area contributed by atoms with Crippen molar-refractivity contribution < 1.29 is 0 Å². The number of anilines is 1. The van der Waals surface area contributed by atoms with E-state index in [0.29, 0.717) is 12.5 Å². The number of halogens is 1. The second-order valence-electron chi connectivity index (χ2n) is 5.72. The number of benzene rings is 1. The molecule has 3 aromatic heterocycles. The molecule has 0 aliphatic heterocycles. The minimum absolute atomic E-state index is 0.612. The number of hydrogen-bond donors (Lipinski definition) is 1. The molecule has 3 heterocycles. The zero-order valence-corrected chi connectivity index (χ0v) is 15.8. The van der Waals surface area contributed by atoms with E-state index in [4.69, 9.17) is 0 Å². The smallest absolute Gasteiger partial charge is 0.223 e. The van der Waals surface area contributed by atoms with Gasteiger partial charge in [0.15, 0.2) is 0 Å². The molecule has 0 aliphatic carbocycles. The van der Waals surface area contributed by atoms with E-state index in [1.54, 1.807) is 6.20 Å². The first-order chi connectivity index (χ1) is 12.2. The first kappa shape index (κ1) is 16.0. The van der Waals surface area contributed by atoms with Crippen molar-refractivity contribution in [2.75, 3.05) is 5.32 Å². The highest BCUT2D eigenvalue weighted by Gasteiger charge is 2.12. The Labute approximate surface area is 159 Å². The Balaban J connectivity index is 1.62. The Bertz CT molecular complexity index is 1020. The molecule has 0 saturated carbocycles. The molecular weight excluding hydrogens is 425 g/mol. The van der Waals surface area contributed by atoms with Gasteiger partial charge in [0, 0.05) is 22.5 Å². The first-order valence-corrected chi connectivity index (χ1v) is 9.04. The second-order valence-corrected chi connectivity index (χ2v) is 6.97. The van der Waals surface area contributed by atoms with Crippen LogP contribution in [0.4, 0.5) is 5.95 Å². The van der Waals surface area contributed by atoms with Gasteiger partial charge in [0.2, 0.25) is 5.95 Å². The summed E-state index contributed by atoms with van der Waals surface area (Å²) in [6, 6.07) is 16.3. The molecule has 0 radical (unpaired) electrons. The van der Waals surface area contributed by atoms with Gasteiger partial charge in [-0.05, 0) is 65.4 Å². The topological polar surface area (TPSA) is 55.1 Å². The zero-order chi connectivity index (χ0) is 17.2. The molecule has 0 saturated heterocycles. The van der Waals surface area contributed by atoms with Gasteiger partial charge in [0.25, 0.3) is 0 Å². The standard InChI is InChI=1S/C19H16IN5/c1-13-18(25-11-3-2-4-17(25)23-13)16-9-10-21-19(24-16)22-12-14-5-7-15(20)8-6-14/h2-11H,12H2,1H3,(H,21,22,24). The number of rotatable bonds is 4. The highest BCUT2D eigenvalue weighted by Crippen LogP contribution is 2.23. The van der Waals surface area contributed by atoms with Crippen molar-refractivity contribution >= 4 is 34.2 Å². The summed E-state index contributed by atoms with van der Waals surface area (Å²) in [4.78, 5) is 13.6. The quantitative estimate of drug-likeness (QED) is 0.480. The van der Waals surface area contributed by atoms with E-state index >= 15 is 0 Å². The maximum absolute atomic E-state index is 4.67. The molecule has 1 N–H and O–H groups in total. The fourth-order valence-electron chi connectivity index (χ4n) is 2.78. The predicted molar refractivity (Wildman–Crippen MR) is 107 cm³/mol. The lowest BCUT2D eigenvalue weighted by molar-refractivity contribution is 1.05. The van der Waals surface area contributed by atoms with Gasteiger partial charge in [-0.25, -0.2) is 15.0 Å². The monoisotopic (exact) mass is 441 g/mol. The molecule has 0 aliphatic rings. The highest BCUT2D eigenvalue weighted by molar-refractivity contribution is 14.1. The summed E-state index contributed by atoms with van der Waals surface area (Å²) >= 11 is 2.30. The maximum Gasteiger partial charge on any atom is 0.223 e. The lowest BCUT2D eigenvalue weighted by Crippen LogP contribution is -2.04. The molecule has 0 bridgehead atoms. The summed E-state index contributed by atoms with van der Waals surface area (Å²) in [7, 11) is 0. The van der Waals surface area contributed by atoms with E-state index in [9.17, 15) is 0 Å². The molecule has 124 valence electrons. The molecule has 25 heavy (non-hydrogen) atoms. The van der Waals surface area contributed by atoms with Crippen LogP contribution in [0.15, 0.2) is 60.9 Å². The molecule has 0 amide bonds. The third-order valence-electron chi connectivity index (χ3n) is 3.97. The normalized spacial score (nSPS) is 11.0. The minimum Gasteiger partial charge on any atom is -0.350 e. The van der Waals surface area contributed by atoms with Gasteiger partial charge >= 0.3 is 0 Å². The van der Waals surface area contributed by atoms with Gasteiger partial charge in [-0.1, -0.05) is 18.2 Å². The van der Waals surface area contributed by atoms with Crippen molar-refractivity contribution in [2.45, 2.75) is 13.5 Å². The van der Waals surface area contributed by atoms with E-state index in [1.807, 2.05) is 37.4 Å². The Morgan fingerprint density at radius 2 is 1.88 bits per heavy atom. The maximum atomic E-state index is 4.67. The number of aromatic nitrogens is 4. The molecule has 6 heteroatoms. The number of imidazole rings is 1. The summed E-state index contributed by atoms with van der Waals surface area (Å²) < 4.78 is 3.28. The van der Waals surface area contributed by atoms with Crippen molar-refractivity contribution in [3.05, 3.63) is 75.8 Å². The molecule has 5 nitrogen and oxygen atoms in total. The molecule has 0 atom stereocenters. The largest absolute Gasteiger partial charge is 0.350 e. The van der Waals surface area contributed by atoms with Gasteiger partial charge in [-0.3, -0.25) is 4.40 Å². The van der Waals surface area contributed by atoms with Crippen LogP contribution in [-0.4, -0.2) is 19.4 Å². The Kier molecular flexibility index (Phi) is 4.35. The van der Waals surface area contributed by atoms with Crippen LogP contribution in [0.2, 0.25) is 0 Å². The summed E-state index contributed by atoms with van der Waals surface area (Å²) in [5, 5.41) is 3.30. The second kappa shape index (κ2) is 6.79. The van der Waals surface area contributed by atoms with Crippen molar-refractivity contribution in [2.24, 2.45) is 0 Å². The van der Waals surface area contributed by atoms with Crippen LogP contribution in [0.25, 0.3) is 17.0 Å². The SMILES string of the molecule is Cc1nc2ccccn2c1-c1ccnc(NCc2ccc(I)cc2)n1. The number of fused-ring (bicyclic) bond motifs is 1. The average Bonchev–Trinajstić information content (AvgIpc) is 2.97. The number of nitrogens with one attached hydrogen (secondary N) is 1. The van der Waals surface area contributed by atoms with Gasteiger partial charge in [-0.15, -0.1) is 0 Å². The molecule has 1 aromatic carbocycles. The third-order valence-corrected chi connectivity index (χ3v) is 4.69. The molecule has 0 spiro atoms. The van der Waals surface area contributed by atoms with Crippen molar-refractivity contribution in [1.82, 2.24) is 19.4 Å². The number of aryl methyl sites for hydroxylation is 1. The van der Waals surface area contributed by atoms with Crippen LogP contribution in [0, 0.1) is 10.5 Å². The third kappa shape index (κ3) is 3.34. The lowest BCUT2D eigenvalue weighted by Gasteiger charge is -2.07. The Morgan fingerprint density at radius 1 is 1.04 bits per heavy atom. The van der Waals surface area contributed by atoms with Gasteiger partial charge in [-0.2, -0.15) is 0 Å². The molecule has 0 unspecified atom stereocenters. The van der Waals surface area contributed by atoms with Crippen LogP contribution in [-0.2, 0) is 6.54 Å². The van der Waals surface area contributed by atoms with Gasteiger partial charge in [0.1, 0.15) is 5.65 Å². The molecule has 4 rings (SSSR count). The van der Waals surface area contributed by atoms with E-state index < -0.39 is 0 Å². The van der Waals surface area contributed by atoms with Gasteiger partial charge < -0.3 is 5.32 Å². The molecule has 0 fully saturated rings. The summed E-state index contributed by atoms with van der Waals surface area (Å²) in [5.74, 6) is 0.612. The van der Waals surface area contributed by atoms with Crippen molar-refractivity contribution in [1.29, 1.82) is 0 Å². The average molecular weight is 441 g/mol. The van der Waals surface area contributed by atoms with E-state index in [1.165, 1.54) is 9.13 Å². The lowest BCUT2D eigenvalue weighted by atomic mass is 10.2. The van der Waals surface area contributed by atoms with Crippen molar-refractivity contribution in [3.8, 4) is 11.4 Å². The highest BCUT2D eigenvalue weighted by atomic mass is 127. The Morgan fingerprint density at radius 3 is 2.72 bits per heavy atom. The summed E-state index contributed by atoms with van der Waals surface area (Å²) in [5.41, 5.74) is 4.92. The first-order valence-electron chi connectivity index (χ1n) is 7.96. The zero-order valence-electron chi connectivity index (χ0n) is 13.6. The van der Waals surface area contributed by atoms with Crippen LogP contribution < -0.4 is 5.32 Å².